The van der Waals surface area contributed by atoms with Gasteiger partial charge in [-0.15, -0.1) is 0 Å². The van der Waals surface area contributed by atoms with Gasteiger partial charge in [0.05, 0.1) is 0 Å². The molecule has 112 valence electrons. The Morgan fingerprint density at radius 2 is 1.90 bits per heavy atom. The Bertz CT molecular complexity index is 759. The molecule has 0 saturated carbocycles. The highest BCUT2D eigenvalue weighted by atomic mass is 16.3. The fourth-order valence-corrected chi connectivity index (χ4v) is 2.16. The number of aromatic nitrogens is 2. The van der Waals surface area contributed by atoms with Gasteiger partial charge in [-0.25, -0.2) is 4.79 Å². The summed E-state index contributed by atoms with van der Waals surface area (Å²) in [5, 5.41) is 10.4. The van der Waals surface area contributed by atoms with Crippen LogP contribution in [0.25, 0.3) is 11.1 Å². The Morgan fingerprint density at radius 3 is 2.52 bits per heavy atom. The molecule has 1 heterocycles. The van der Waals surface area contributed by atoms with Crippen molar-refractivity contribution in [3.63, 3.8) is 0 Å². The van der Waals surface area contributed by atoms with E-state index < -0.39 is 11.2 Å². The van der Waals surface area contributed by atoms with Crippen LogP contribution in [0, 0.1) is 6.92 Å². The van der Waals surface area contributed by atoms with Gasteiger partial charge in [-0.3, -0.25) is 14.3 Å². The second kappa shape index (κ2) is 5.97. The zero-order valence-electron chi connectivity index (χ0n) is 12.4. The van der Waals surface area contributed by atoms with Crippen molar-refractivity contribution in [2.45, 2.75) is 13.5 Å². The van der Waals surface area contributed by atoms with Crippen LogP contribution >= 0.6 is 0 Å². The first kappa shape index (κ1) is 15.1. The smallest absolute Gasteiger partial charge is 0.331 e. The minimum Gasteiger partial charge on any atom is -0.494 e. The van der Waals surface area contributed by atoms with Crippen LogP contribution in [-0.4, -0.2) is 40.2 Å². The van der Waals surface area contributed by atoms with E-state index in [4.69, 9.17) is 0 Å². The molecule has 0 aliphatic heterocycles. The molecule has 0 atom stereocenters. The van der Waals surface area contributed by atoms with Crippen LogP contribution in [0.15, 0.2) is 33.9 Å². The second-order valence-corrected chi connectivity index (χ2v) is 5.23. The van der Waals surface area contributed by atoms with E-state index in [1.807, 2.05) is 38.1 Å². The molecule has 1 aromatic heterocycles. The minimum atomic E-state index is -0.600. The molecule has 0 bridgehead atoms. The number of benzene rings is 1. The van der Waals surface area contributed by atoms with Crippen molar-refractivity contribution in [1.82, 2.24) is 14.5 Å². The Kier molecular flexibility index (Phi) is 4.28. The summed E-state index contributed by atoms with van der Waals surface area (Å²) in [4.78, 5) is 28.1. The summed E-state index contributed by atoms with van der Waals surface area (Å²) in [6.07, 6.45) is 0. The lowest BCUT2D eigenvalue weighted by Crippen LogP contribution is -2.33. The van der Waals surface area contributed by atoms with Crippen molar-refractivity contribution >= 4 is 0 Å². The highest BCUT2D eigenvalue weighted by molar-refractivity contribution is 5.70. The number of rotatable bonds is 4. The molecule has 2 aromatic rings. The third-order valence-electron chi connectivity index (χ3n) is 3.36. The molecular formula is C15H19N3O3. The number of nitrogens with one attached hydrogen (secondary N) is 1. The van der Waals surface area contributed by atoms with Gasteiger partial charge in [0.25, 0.3) is 5.56 Å². The SMILES string of the molecule is Cc1ccccc1-c1c(O)n(CCN(C)C)c(=O)[nH]c1=O. The van der Waals surface area contributed by atoms with Gasteiger partial charge in [0.2, 0.25) is 5.88 Å². The first-order valence-corrected chi connectivity index (χ1v) is 6.68. The summed E-state index contributed by atoms with van der Waals surface area (Å²) < 4.78 is 1.18. The van der Waals surface area contributed by atoms with Crippen molar-refractivity contribution < 1.29 is 5.11 Å². The van der Waals surface area contributed by atoms with Gasteiger partial charge in [-0.2, -0.15) is 0 Å². The van der Waals surface area contributed by atoms with Crippen molar-refractivity contribution in [3.8, 4) is 17.0 Å². The van der Waals surface area contributed by atoms with Gasteiger partial charge < -0.3 is 10.0 Å². The van der Waals surface area contributed by atoms with Gasteiger partial charge in [-0.1, -0.05) is 24.3 Å². The summed E-state index contributed by atoms with van der Waals surface area (Å²) in [6, 6.07) is 7.24. The highest BCUT2D eigenvalue weighted by Gasteiger charge is 2.17. The maximum atomic E-state index is 12.1. The number of aryl methyl sites for hydroxylation is 1. The molecule has 2 rings (SSSR count). The van der Waals surface area contributed by atoms with Gasteiger partial charge >= 0.3 is 5.69 Å². The first-order chi connectivity index (χ1) is 9.91. The molecule has 2 N–H and O–H groups in total. The highest BCUT2D eigenvalue weighted by Crippen LogP contribution is 2.26. The number of aromatic amines is 1. The fraction of sp³-hybridized carbons (Fsp3) is 0.333. The molecule has 0 unspecified atom stereocenters. The van der Waals surface area contributed by atoms with Gasteiger partial charge in [-0.05, 0) is 32.1 Å². The number of hydrogen-bond acceptors (Lipinski definition) is 4. The maximum Gasteiger partial charge on any atom is 0.331 e. The van der Waals surface area contributed by atoms with Crippen molar-refractivity contribution in [2.24, 2.45) is 0 Å². The number of hydrogen-bond donors (Lipinski definition) is 2. The first-order valence-electron chi connectivity index (χ1n) is 6.68. The number of aromatic hydroxyl groups is 1. The number of H-pyrrole nitrogens is 1. The lowest BCUT2D eigenvalue weighted by atomic mass is 10.0. The Hall–Kier alpha value is -2.34. The normalized spacial score (nSPS) is 11.0. The lowest BCUT2D eigenvalue weighted by Gasteiger charge is -2.15. The summed E-state index contributed by atoms with van der Waals surface area (Å²) >= 11 is 0. The van der Waals surface area contributed by atoms with E-state index >= 15 is 0 Å². The second-order valence-electron chi connectivity index (χ2n) is 5.23. The van der Waals surface area contributed by atoms with Gasteiger partial charge in [0.15, 0.2) is 0 Å². The van der Waals surface area contributed by atoms with E-state index in [1.54, 1.807) is 12.1 Å². The quantitative estimate of drug-likeness (QED) is 0.872. The lowest BCUT2D eigenvalue weighted by molar-refractivity contribution is 0.347. The van der Waals surface area contributed by atoms with Gasteiger partial charge in [0, 0.05) is 13.1 Å². The van der Waals surface area contributed by atoms with E-state index in [-0.39, 0.29) is 11.4 Å². The molecule has 0 fully saturated rings. The van der Waals surface area contributed by atoms with Crippen LogP contribution in [-0.2, 0) is 6.54 Å². The molecule has 0 spiro atoms. The third-order valence-corrected chi connectivity index (χ3v) is 3.36. The molecule has 21 heavy (non-hydrogen) atoms. The third kappa shape index (κ3) is 3.05. The molecule has 0 radical (unpaired) electrons. The number of likely N-dealkylation sites (N-methyl/N-ethyl adjacent to an activating group) is 1. The van der Waals surface area contributed by atoms with E-state index in [0.29, 0.717) is 18.7 Å². The summed E-state index contributed by atoms with van der Waals surface area (Å²) in [5.74, 6) is -0.292. The van der Waals surface area contributed by atoms with Crippen LogP contribution < -0.4 is 11.2 Å². The molecule has 0 aliphatic rings. The molecule has 1 aromatic carbocycles. The molecule has 6 heteroatoms. The zero-order chi connectivity index (χ0) is 15.6. The Labute approximate surface area is 122 Å². The van der Waals surface area contributed by atoms with Crippen molar-refractivity contribution in [3.05, 3.63) is 50.7 Å². The monoisotopic (exact) mass is 289 g/mol. The average molecular weight is 289 g/mol. The van der Waals surface area contributed by atoms with Crippen LogP contribution in [0.1, 0.15) is 5.56 Å². The molecular weight excluding hydrogens is 270 g/mol. The summed E-state index contributed by atoms with van der Waals surface area (Å²) in [6.45, 7) is 2.73. The fourth-order valence-electron chi connectivity index (χ4n) is 2.16. The number of nitrogens with zero attached hydrogens (tertiary/aromatic N) is 2. The van der Waals surface area contributed by atoms with E-state index in [2.05, 4.69) is 4.98 Å². The maximum absolute atomic E-state index is 12.1. The molecule has 0 saturated heterocycles. The standard InChI is InChI=1S/C15H19N3O3/c1-10-6-4-5-7-11(10)12-13(19)16-15(21)18(14(12)20)9-8-17(2)3/h4-7,20H,8-9H2,1-3H3,(H,16,19,21). The van der Waals surface area contributed by atoms with Crippen LogP contribution in [0.3, 0.4) is 0 Å². The summed E-state index contributed by atoms with van der Waals surface area (Å²) in [5.41, 5.74) is 0.432. The zero-order valence-corrected chi connectivity index (χ0v) is 12.4. The van der Waals surface area contributed by atoms with Crippen LogP contribution in [0.2, 0.25) is 0 Å². The van der Waals surface area contributed by atoms with Crippen LogP contribution in [0.4, 0.5) is 0 Å². The van der Waals surface area contributed by atoms with Gasteiger partial charge in [0.1, 0.15) is 5.56 Å². The Morgan fingerprint density at radius 1 is 1.24 bits per heavy atom. The average Bonchev–Trinajstić information content (AvgIpc) is 2.40. The largest absolute Gasteiger partial charge is 0.494 e. The Balaban J connectivity index is 2.63. The van der Waals surface area contributed by atoms with Crippen LogP contribution in [0.5, 0.6) is 5.88 Å². The summed E-state index contributed by atoms with van der Waals surface area (Å²) in [7, 11) is 3.74. The van der Waals surface area contributed by atoms with E-state index in [9.17, 15) is 14.7 Å². The molecule has 6 nitrogen and oxygen atoms in total. The van der Waals surface area contributed by atoms with E-state index in [1.165, 1.54) is 4.57 Å². The predicted octanol–water partition coefficient (Wildman–Crippen LogP) is 0.779. The van der Waals surface area contributed by atoms with Crippen molar-refractivity contribution in [2.75, 3.05) is 20.6 Å². The predicted molar refractivity (Wildman–Crippen MR) is 81.7 cm³/mol. The van der Waals surface area contributed by atoms with E-state index in [0.717, 1.165) is 5.56 Å². The minimum absolute atomic E-state index is 0.131. The molecule has 0 aliphatic carbocycles. The van der Waals surface area contributed by atoms with Crippen molar-refractivity contribution in [1.29, 1.82) is 0 Å². The molecule has 0 amide bonds. The topological polar surface area (TPSA) is 78.3 Å².